The lowest BCUT2D eigenvalue weighted by molar-refractivity contribution is -0.385. The lowest BCUT2D eigenvalue weighted by Crippen LogP contribution is -1.98. The summed E-state index contributed by atoms with van der Waals surface area (Å²) in [5, 5.41) is 10.6. The number of methoxy groups -OCH3 is 1. The minimum absolute atomic E-state index is 0.129. The van der Waals surface area contributed by atoms with Gasteiger partial charge in [0.05, 0.1) is 12.0 Å². The van der Waals surface area contributed by atoms with Gasteiger partial charge in [0.1, 0.15) is 6.29 Å². The summed E-state index contributed by atoms with van der Waals surface area (Å²) < 4.78 is 4.88. The van der Waals surface area contributed by atoms with E-state index >= 15 is 0 Å². The number of carbonyl (C=O) groups is 1. The molecule has 0 amide bonds. The van der Waals surface area contributed by atoms with Crippen molar-refractivity contribution in [2.45, 2.75) is 6.92 Å². The molecule has 74 valence electrons. The zero-order valence-corrected chi connectivity index (χ0v) is 7.81. The van der Waals surface area contributed by atoms with E-state index in [4.69, 9.17) is 4.74 Å². The first-order valence-electron chi connectivity index (χ1n) is 3.89. The zero-order chi connectivity index (χ0) is 10.7. The summed E-state index contributed by atoms with van der Waals surface area (Å²) in [5.74, 6) is 0.139. The van der Waals surface area contributed by atoms with Crippen molar-refractivity contribution < 1.29 is 14.5 Å². The Bertz CT molecular complexity index is 387. The van der Waals surface area contributed by atoms with Crippen molar-refractivity contribution in [3.63, 3.8) is 0 Å². The highest BCUT2D eigenvalue weighted by Crippen LogP contribution is 2.31. The second-order valence-electron chi connectivity index (χ2n) is 2.71. The summed E-state index contributed by atoms with van der Waals surface area (Å²) in [6, 6.07) is 2.67. The first-order valence-corrected chi connectivity index (χ1v) is 3.89. The predicted octanol–water partition coefficient (Wildman–Crippen LogP) is 1.72. The molecule has 1 aromatic rings. The van der Waals surface area contributed by atoms with Gasteiger partial charge in [0.2, 0.25) is 0 Å². The van der Waals surface area contributed by atoms with Gasteiger partial charge in [-0.2, -0.15) is 0 Å². The van der Waals surface area contributed by atoms with Gasteiger partial charge in [0.25, 0.3) is 0 Å². The first-order chi connectivity index (χ1) is 6.61. The van der Waals surface area contributed by atoms with Crippen molar-refractivity contribution in [2.24, 2.45) is 0 Å². The van der Waals surface area contributed by atoms with Crippen LogP contribution >= 0.6 is 0 Å². The van der Waals surface area contributed by atoms with Gasteiger partial charge in [0, 0.05) is 17.2 Å². The van der Waals surface area contributed by atoms with Crippen LogP contribution in [-0.2, 0) is 0 Å². The van der Waals surface area contributed by atoms with Crippen molar-refractivity contribution >= 4 is 12.0 Å². The number of ether oxygens (including phenoxy) is 1. The van der Waals surface area contributed by atoms with E-state index in [1.54, 1.807) is 6.92 Å². The SMILES string of the molecule is COc1c([N+](=O)[O-])ccc(C=O)c1C. The molecule has 0 saturated carbocycles. The fraction of sp³-hybridized carbons (Fsp3) is 0.222. The Kier molecular flexibility index (Phi) is 2.81. The van der Waals surface area contributed by atoms with Crippen molar-refractivity contribution in [3.8, 4) is 5.75 Å². The van der Waals surface area contributed by atoms with Crippen LogP contribution < -0.4 is 4.74 Å². The van der Waals surface area contributed by atoms with Gasteiger partial charge in [-0.1, -0.05) is 0 Å². The molecule has 0 unspecified atom stereocenters. The van der Waals surface area contributed by atoms with Crippen LogP contribution in [0.15, 0.2) is 12.1 Å². The molecular formula is C9H9NO4. The van der Waals surface area contributed by atoms with Crippen LogP contribution in [0.5, 0.6) is 5.75 Å². The Morgan fingerprint density at radius 2 is 2.14 bits per heavy atom. The minimum Gasteiger partial charge on any atom is -0.490 e. The van der Waals surface area contributed by atoms with Crippen molar-refractivity contribution in [1.82, 2.24) is 0 Å². The number of nitro benzene ring substituents is 1. The van der Waals surface area contributed by atoms with Crippen LogP contribution in [0.3, 0.4) is 0 Å². The van der Waals surface area contributed by atoms with E-state index in [9.17, 15) is 14.9 Å². The van der Waals surface area contributed by atoms with E-state index in [2.05, 4.69) is 0 Å². The average molecular weight is 195 g/mol. The largest absolute Gasteiger partial charge is 0.490 e. The molecular weight excluding hydrogens is 186 g/mol. The highest BCUT2D eigenvalue weighted by molar-refractivity contribution is 5.80. The molecule has 14 heavy (non-hydrogen) atoms. The summed E-state index contributed by atoms with van der Waals surface area (Å²) in [6.45, 7) is 1.61. The Balaban J connectivity index is 3.43. The fourth-order valence-corrected chi connectivity index (χ4v) is 1.22. The Hall–Kier alpha value is -1.91. The van der Waals surface area contributed by atoms with Gasteiger partial charge in [-0.25, -0.2) is 0 Å². The lowest BCUT2D eigenvalue weighted by atomic mass is 10.1. The number of aldehydes is 1. The lowest BCUT2D eigenvalue weighted by Gasteiger charge is -2.06. The predicted molar refractivity (Wildman–Crippen MR) is 49.8 cm³/mol. The van der Waals surface area contributed by atoms with Crippen LogP contribution in [0.4, 0.5) is 5.69 Å². The smallest absolute Gasteiger partial charge is 0.311 e. The number of rotatable bonds is 3. The van der Waals surface area contributed by atoms with E-state index in [0.717, 1.165) is 0 Å². The Morgan fingerprint density at radius 1 is 1.50 bits per heavy atom. The molecule has 0 aromatic heterocycles. The third-order valence-corrected chi connectivity index (χ3v) is 1.95. The van der Waals surface area contributed by atoms with Gasteiger partial charge in [0.15, 0.2) is 5.75 Å². The van der Waals surface area contributed by atoms with Gasteiger partial charge >= 0.3 is 5.69 Å². The molecule has 0 bridgehead atoms. The summed E-state index contributed by atoms with van der Waals surface area (Å²) in [7, 11) is 1.34. The topological polar surface area (TPSA) is 69.4 Å². The summed E-state index contributed by atoms with van der Waals surface area (Å²) in [6.07, 6.45) is 0.640. The number of nitro groups is 1. The highest BCUT2D eigenvalue weighted by atomic mass is 16.6. The fourth-order valence-electron chi connectivity index (χ4n) is 1.22. The summed E-state index contributed by atoms with van der Waals surface area (Å²) in [4.78, 5) is 20.6. The second-order valence-corrected chi connectivity index (χ2v) is 2.71. The van der Waals surface area contributed by atoms with Crippen molar-refractivity contribution in [3.05, 3.63) is 33.4 Å². The molecule has 5 heteroatoms. The third-order valence-electron chi connectivity index (χ3n) is 1.95. The minimum atomic E-state index is -0.541. The molecule has 0 fully saturated rings. The van der Waals surface area contributed by atoms with Crippen LogP contribution in [0.25, 0.3) is 0 Å². The monoisotopic (exact) mass is 195 g/mol. The standard InChI is InChI=1S/C9H9NO4/c1-6-7(5-11)3-4-8(10(12)13)9(6)14-2/h3-5H,1-2H3. The average Bonchev–Trinajstić information content (AvgIpc) is 2.17. The quantitative estimate of drug-likeness (QED) is 0.418. The Morgan fingerprint density at radius 3 is 2.57 bits per heavy atom. The number of hydrogen-bond acceptors (Lipinski definition) is 4. The van der Waals surface area contributed by atoms with E-state index in [1.807, 2.05) is 0 Å². The van der Waals surface area contributed by atoms with Gasteiger partial charge in [-0.3, -0.25) is 14.9 Å². The summed E-state index contributed by atoms with van der Waals surface area (Å²) >= 11 is 0. The molecule has 0 radical (unpaired) electrons. The van der Waals surface area contributed by atoms with Crippen molar-refractivity contribution in [1.29, 1.82) is 0 Å². The molecule has 1 rings (SSSR count). The molecule has 0 aliphatic rings. The number of carbonyl (C=O) groups excluding carboxylic acids is 1. The van der Waals surface area contributed by atoms with E-state index < -0.39 is 4.92 Å². The normalized spacial score (nSPS) is 9.57. The molecule has 5 nitrogen and oxygen atoms in total. The third kappa shape index (κ3) is 1.56. The molecule has 0 aliphatic carbocycles. The van der Waals surface area contributed by atoms with Gasteiger partial charge in [-0.05, 0) is 13.0 Å². The zero-order valence-electron chi connectivity index (χ0n) is 7.81. The van der Waals surface area contributed by atoms with E-state index in [-0.39, 0.29) is 11.4 Å². The molecule has 0 heterocycles. The van der Waals surface area contributed by atoms with E-state index in [1.165, 1.54) is 19.2 Å². The maximum absolute atomic E-state index is 10.6. The van der Waals surface area contributed by atoms with Crippen molar-refractivity contribution in [2.75, 3.05) is 7.11 Å². The molecule has 0 aliphatic heterocycles. The highest BCUT2D eigenvalue weighted by Gasteiger charge is 2.18. The number of benzene rings is 1. The molecule has 0 spiro atoms. The van der Waals surface area contributed by atoms with Gasteiger partial charge < -0.3 is 4.74 Å². The Labute approximate surface area is 80.5 Å². The molecule has 1 aromatic carbocycles. The first kappa shape index (κ1) is 10.2. The molecule has 0 N–H and O–H groups in total. The van der Waals surface area contributed by atoms with Crippen LogP contribution in [0.2, 0.25) is 0 Å². The van der Waals surface area contributed by atoms with Crippen LogP contribution in [0, 0.1) is 17.0 Å². The van der Waals surface area contributed by atoms with Gasteiger partial charge in [-0.15, -0.1) is 0 Å². The maximum Gasteiger partial charge on any atom is 0.311 e. The van der Waals surface area contributed by atoms with Crippen LogP contribution in [0.1, 0.15) is 15.9 Å². The van der Waals surface area contributed by atoms with E-state index in [0.29, 0.717) is 17.4 Å². The number of nitrogens with zero attached hydrogens (tertiary/aromatic N) is 1. The summed E-state index contributed by atoms with van der Waals surface area (Å²) in [5.41, 5.74) is 0.750. The maximum atomic E-state index is 10.6. The second kappa shape index (κ2) is 3.87. The number of hydrogen-bond donors (Lipinski definition) is 0. The molecule has 0 atom stereocenters. The van der Waals surface area contributed by atoms with Crippen LogP contribution in [-0.4, -0.2) is 18.3 Å². The molecule has 0 saturated heterocycles.